The molecule has 2 rings (SSSR count). The van der Waals surface area contributed by atoms with E-state index in [2.05, 4.69) is 25.9 Å². The molecular formula is C4H8ClN5O. The van der Waals surface area contributed by atoms with Gasteiger partial charge in [0.05, 0.1) is 0 Å². The number of hydrogen-bond acceptors (Lipinski definition) is 5. The first-order chi connectivity index (χ1) is 4.95. The number of aromatic nitrogens is 4. The Bertz CT molecular complexity index is 198. The van der Waals surface area contributed by atoms with Crippen LogP contribution in [0.3, 0.4) is 0 Å². The van der Waals surface area contributed by atoms with E-state index in [4.69, 9.17) is 4.74 Å². The van der Waals surface area contributed by atoms with Gasteiger partial charge in [0.2, 0.25) is 0 Å². The summed E-state index contributed by atoms with van der Waals surface area (Å²) >= 11 is 0. The molecule has 0 unspecified atom stereocenters. The molecule has 0 amide bonds. The van der Waals surface area contributed by atoms with E-state index in [1.54, 1.807) is 0 Å². The van der Waals surface area contributed by atoms with Crippen LogP contribution in [0.25, 0.3) is 0 Å². The number of rotatable bonds is 2. The minimum atomic E-state index is 0. The highest BCUT2D eigenvalue weighted by Gasteiger charge is 2.19. The van der Waals surface area contributed by atoms with Crippen LogP contribution in [0.15, 0.2) is 0 Å². The van der Waals surface area contributed by atoms with Crippen LogP contribution in [0, 0.1) is 0 Å². The minimum absolute atomic E-state index is 0. The maximum atomic E-state index is 5.21. The Morgan fingerprint density at radius 1 is 1.45 bits per heavy atom. The Hall–Kier alpha value is -0.880. The molecule has 0 radical (unpaired) electrons. The number of nitrogens with one attached hydrogen (secondary N) is 2. The van der Waals surface area contributed by atoms with Gasteiger partial charge >= 0.3 is 6.01 Å². The van der Waals surface area contributed by atoms with Gasteiger partial charge in [-0.1, -0.05) is 10.2 Å². The normalized spacial score (nSPS) is 16.7. The van der Waals surface area contributed by atoms with Crippen molar-refractivity contribution in [3.05, 3.63) is 0 Å². The van der Waals surface area contributed by atoms with Crippen molar-refractivity contribution >= 4 is 12.4 Å². The molecule has 1 aromatic heterocycles. The molecule has 62 valence electrons. The molecule has 0 aromatic carbocycles. The molecule has 0 aliphatic carbocycles. The van der Waals surface area contributed by atoms with Gasteiger partial charge in [-0.2, -0.15) is 5.21 Å². The van der Waals surface area contributed by atoms with Crippen molar-refractivity contribution < 1.29 is 4.74 Å². The van der Waals surface area contributed by atoms with E-state index >= 15 is 0 Å². The summed E-state index contributed by atoms with van der Waals surface area (Å²) in [6, 6.07) is 0.325. The minimum Gasteiger partial charge on any atom is -0.455 e. The molecule has 6 nitrogen and oxygen atoms in total. The summed E-state index contributed by atoms with van der Waals surface area (Å²) in [7, 11) is 0. The second-order valence-electron chi connectivity index (χ2n) is 2.09. The molecule has 1 aliphatic heterocycles. The zero-order valence-electron chi connectivity index (χ0n) is 5.65. The van der Waals surface area contributed by atoms with Crippen LogP contribution in [0.2, 0.25) is 0 Å². The first-order valence-electron chi connectivity index (χ1n) is 3.06. The average molecular weight is 178 g/mol. The number of H-pyrrole nitrogens is 1. The van der Waals surface area contributed by atoms with Gasteiger partial charge in [-0.05, 0) is 5.21 Å². The number of ether oxygens (including phenoxy) is 1. The monoisotopic (exact) mass is 177 g/mol. The van der Waals surface area contributed by atoms with Gasteiger partial charge in [0.1, 0.15) is 6.10 Å². The lowest BCUT2D eigenvalue weighted by molar-refractivity contribution is 0.129. The molecule has 7 heteroatoms. The number of nitrogens with zero attached hydrogens (tertiary/aromatic N) is 3. The van der Waals surface area contributed by atoms with Gasteiger partial charge in [0.25, 0.3) is 0 Å². The van der Waals surface area contributed by atoms with E-state index < -0.39 is 0 Å². The molecule has 1 aromatic rings. The average Bonchev–Trinajstić information content (AvgIpc) is 2.29. The number of hydrogen-bond donors (Lipinski definition) is 2. The van der Waals surface area contributed by atoms with Gasteiger partial charge < -0.3 is 10.1 Å². The molecular weight excluding hydrogens is 170 g/mol. The Morgan fingerprint density at radius 2 is 2.27 bits per heavy atom. The Morgan fingerprint density at radius 3 is 2.73 bits per heavy atom. The van der Waals surface area contributed by atoms with Crippen LogP contribution in [-0.2, 0) is 0 Å². The van der Waals surface area contributed by atoms with Crippen LogP contribution in [-0.4, -0.2) is 39.8 Å². The molecule has 0 bridgehead atoms. The van der Waals surface area contributed by atoms with Crippen molar-refractivity contribution in [2.45, 2.75) is 6.10 Å². The highest BCUT2D eigenvalue weighted by molar-refractivity contribution is 5.85. The van der Waals surface area contributed by atoms with Crippen LogP contribution in [0.5, 0.6) is 6.01 Å². The lowest BCUT2D eigenvalue weighted by atomic mass is 10.2. The summed E-state index contributed by atoms with van der Waals surface area (Å²) in [6.07, 6.45) is 0.220. The number of tetrazole rings is 1. The van der Waals surface area contributed by atoms with Crippen molar-refractivity contribution in [1.29, 1.82) is 0 Å². The molecule has 11 heavy (non-hydrogen) atoms. The molecule has 0 atom stereocenters. The quantitative estimate of drug-likeness (QED) is 0.605. The Balaban J connectivity index is 0.000000605. The second kappa shape index (κ2) is 3.49. The van der Waals surface area contributed by atoms with Crippen LogP contribution in [0.4, 0.5) is 0 Å². The second-order valence-corrected chi connectivity index (χ2v) is 2.09. The molecule has 0 spiro atoms. The topological polar surface area (TPSA) is 75.7 Å². The molecule has 1 aliphatic rings. The lowest BCUT2D eigenvalue weighted by Gasteiger charge is -2.25. The largest absolute Gasteiger partial charge is 0.455 e. The van der Waals surface area contributed by atoms with Crippen molar-refractivity contribution in [2.75, 3.05) is 13.1 Å². The third-order valence-corrected chi connectivity index (χ3v) is 1.34. The first kappa shape index (κ1) is 8.22. The van der Waals surface area contributed by atoms with E-state index in [9.17, 15) is 0 Å². The Labute approximate surface area is 69.1 Å². The fraction of sp³-hybridized carbons (Fsp3) is 0.750. The van der Waals surface area contributed by atoms with Crippen molar-refractivity contribution in [3.63, 3.8) is 0 Å². The number of aromatic amines is 1. The van der Waals surface area contributed by atoms with Crippen molar-refractivity contribution in [1.82, 2.24) is 25.9 Å². The van der Waals surface area contributed by atoms with Gasteiger partial charge in [0, 0.05) is 13.1 Å². The van der Waals surface area contributed by atoms with Gasteiger partial charge in [0.15, 0.2) is 0 Å². The SMILES string of the molecule is C1NCC1Oc1nn[nH]n1.Cl. The summed E-state index contributed by atoms with van der Waals surface area (Å²) in [4.78, 5) is 0. The predicted molar refractivity (Wildman–Crippen MR) is 38.7 cm³/mol. The third kappa shape index (κ3) is 1.78. The maximum Gasteiger partial charge on any atom is 0.356 e. The highest BCUT2D eigenvalue weighted by Crippen LogP contribution is 2.02. The summed E-state index contributed by atoms with van der Waals surface area (Å²) in [5.74, 6) is 0. The molecule has 2 N–H and O–H groups in total. The zero-order chi connectivity index (χ0) is 6.81. The standard InChI is InChI=1S/C4H7N5O.ClH/c1-3(2-5-1)10-4-6-8-9-7-4;/h3,5H,1-2H2,(H,6,7,8,9);1H. The first-order valence-corrected chi connectivity index (χ1v) is 3.06. The van der Waals surface area contributed by atoms with Crippen molar-refractivity contribution in [3.8, 4) is 6.01 Å². The fourth-order valence-electron chi connectivity index (χ4n) is 0.697. The number of halogens is 1. The summed E-state index contributed by atoms with van der Waals surface area (Å²) in [5.41, 5.74) is 0. The molecule has 1 saturated heterocycles. The zero-order valence-corrected chi connectivity index (χ0v) is 6.47. The summed E-state index contributed by atoms with van der Waals surface area (Å²) < 4.78 is 5.21. The van der Waals surface area contributed by atoms with Gasteiger partial charge in [-0.15, -0.1) is 12.4 Å². The lowest BCUT2D eigenvalue weighted by Crippen LogP contribution is -2.50. The van der Waals surface area contributed by atoms with E-state index in [-0.39, 0.29) is 18.5 Å². The predicted octanol–water partition coefficient (Wildman–Crippen LogP) is -1.03. The van der Waals surface area contributed by atoms with E-state index in [0.717, 1.165) is 13.1 Å². The fourth-order valence-corrected chi connectivity index (χ4v) is 0.697. The van der Waals surface area contributed by atoms with Crippen LogP contribution >= 0.6 is 12.4 Å². The molecule has 2 heterocycles. The van der Waals surface area contributed by atoms with Gasteiger partial charge in [-0.25, -0.2) is 0 Å². The molecule has 0 saturated carbocycles. The maximum absolute atomic E-state index is 5.21. The van der Waals surface area contributed by atoms with E-state index in [1.807, 2.05) is 0 Å². The smallest absolute Gasteiger partial charge is 0.356 e. The molecule has 1 fully saturated rings. The summed E-state index contributed by atoms with van der Waals surface area (Å²) in [5, 5.41) is 16.0. The Kier molecular flexibility index (Phi) is 2.61. The highest BCUT2D eigenvalue weighted by atomic mass is 35.5. The van der Waals surface area contributed by atoms with Crippen molar-refractivity contribution in [2.24, 2.45) is 0 Å². The van der Waals surface area contributed by atoms with Crippen LogP contribution < -0.4 is 10.1 Å². The van der Waals surface area contributed by atoms with Crippen LogP contribution in [0.1, 0.15) is 0 Å². The van der Waals surface area contributed by atoms with E-state index in [0.29, 0.717) is 6.01 Å². The van der Waals surface area contributed by atoms with E-state index in [1.165, 1.54) is 0 Å². The third-order valence-electron chi connectivity index (χ3n) is 1.34. The van der Waals surface area contributed by atoms with Gasteiger partial charge in [-0.3, -0.25) is 0 Å². The summed E-state index contributed by atoms with van der Waals surface area (Å²) in [6.45, 7) is 1.74.